The number of amides is 1. The smallest absolute Gasteiger partial charge is 0.274 e. The molecule has 3 N–H and O–H groups in total. The van der Waals surface area contributed by atoms with E-state index in [1.165, 1.54) is 6.20 Å². The lowest BCUT2D eigenvalue weighted by Crippen LogP contribution is -2.19. The third-order valence-corrected chi connectivity index (χ3v) is 2.94. The van der Waals surface area contributed by atoms with Gasteiger partial charge >= 0.3 is 0 Å². The third-order valence-electron chi connectivity index (χ3n) is 2.94. The Morgan fingerprint density at radius 1 is 1.17 bits per heavy atom. The zero-order valence-electron chi connectivity index (χ0n) is 13.6. The van der Waals surface area contributed by atoms with Crippen molar-refractivity contribution >= 4 is 42.1 Å². The molecule has 0 aliphatic heterocycles. The molecule has 2 aromatic rings. The lowest BCUT2D eigenvalue weighted by Gasteiger charge is -2.11. The molecule has 1 amide bonds. The van der Waals surface area contributed by atoms with Crippen molar-refractivity contribution in [1.82, 2.24) is 9.88 Å². The van der Waals surface area contributed by atoms with E-state index in [0.29, 0.717) is 23.7 Å². The van der Waals surface area contributed by atoms with Gasteiger partial charge in [-0.1, -0.05) is 0 Å². The van der Waals surface area contributed by atoms with Crippen LogP contribution in [0.4, 0.5) is 11.4 Å². The Labute approximate surface area is 154 Å². The summed E-state index contributed by atoms with van der Waals surface area (Å²) >= 11 is 0. The van der Waals surface area contributed by atoms with Gasteiger partial charge in [-0.2, -0.15) is 0 Å². The van der Waals surface area contributed by atoms with E-state index in [9.17, 15) is 4.79 Å². The summed E-state index contributed by atoms with van der Waals surface area (Å²) < 4.78 is 5.59. The number of nitrogens with one attached hydrogen (secondary N) is 1. The van der Waals surface area contributed by atoms with Crippen LogP contribution in [-0.2, 0) is 0 Å². The fourth-order valence-electron chi connectivity index (χ4n) is 1.72. The molecule has 2 rings (SSSR count). The number of nitrogens with two attached hydrogens (primary N) is 1. The van der Waals surface area contributed by atoms with Crippen LogP contribution < -0.4 is 15.8 Å². The van der Waals surface area contributed by atoms with Gasteiger partial charge in [0.15, 0.2) is 0 Å². The molecule has 0 atom stereocenters. The second kappa shape index (κ2) is 10.7. The number of ether oxygens (including phenoxy) is 1. The Kier molecular flexibility index (Phi) is 9.80. The monoisotopic (exact) mass is 372 g/mol. The van der Waals surface area contributed by atoms with Crippen LogP contribution in [0.1, 0.15) is 10.5 Å². The molecule has 1 aromatic carbocycles. The van der Waals surface area contributed by atoms with Crippen LogP contribution in [0, 0.1) is 0 Å². The SMILES string of the molecule is CN(C)CCOc1ccc(NC(=O)c2ccc(N)cn2)cc1.Cl.Cl. The summed E-state index contributed by atoms with van der Waals surface area (Å²) in [6.45, 7) is 1.47. The summed E-state index contributed by atoms with van der Waals surface area (Å²) in [5.74, 6) is 0.492. The van der Waals surface area contributed by atoms with Crippen LogP contribution in [0.15, 0.2) is 42.6 Å². The predicted octanol–water partition coefficient (Wildman–Crippen LogP) is 2.70. The van der Waals surface area contributed by atoms with Gasteiger partial charge in [0.05, 0.1) is 11.9 Å². The Hall–Kier alpha value is -2.02. The van der Waals surface area contributed by atoms with E-state index in [4.69, 9.17) is 10.5 Å². The van der Waals surface area contributed by atoms with Gasteiger partial charge in [0.1, 0.15) is 18.1 Å². The molecule has 132 valence electrons. The average molecular weight is 373 g/mol. The van der Waals surface area contributed by atoms with E-state index < -0.39 is 0 Å². The van der Waals surface area contributed by atoms with Gasteiger partial charge in [-0.15, -0.1) is 24.8 Å². The summed E-state index contributed by atoms with van der Waals surface area (Å²) in [6.07, 6.45) is 1.45. The van der Waals surface area contributed by atoms with Crippen LogP contribution in [0.3, 0.4) is 0 Å². The molecule has 1 aromatic heterocycles. The van der Waals surface area contributed by atoms with Gasteiger partial charge in [-0.25, -0.2) is 4.98 Å². The zero-order chi connectivity index (χ0) is 15.9. The van der Waals surface area contributed by atoms with Crippen LogP contribution in [-0.4, -0.2) is 43.0 Å². The highest BCUT2D eigenvalue weighted by Crippen LogP contribution is 2.16. The van der Waals surface area contributed by atoms with Crippen LogP contribution in [0.25, 0.3) is 0 Å². The van der Waals surface area contributed by atoms with Crippen LogP contribution in [0.2, 0.25) is 0 Å². The van der Waals surface area contributed by atoms with Crippen molar-refractivity contribution < 1.29 is 9.53 Å². The number of hydrogen-bond acceptors (Lipinski definition) is 5. The van der Waals surface area contributed by atoms with Crippen molar-refractivity contribution in [3.63, 3.8) is 0 Å². The fraction of sp³-hybridized carbons (Fsp3) is 0.250. The largest absolute Gasteiger partial charge is 0.492 e. The van der Waals surface area contributed by atoms with Crippen LogP contribution in [0.5, 0.6) is 5.75 Å². The maximum Gasteiger partial charge on any atom is 0.274 e. The molecule has 6 nitrogen and oxygen atoms in total. The van der Waals surface area contributed by atoms with E-state index in [0.717, 1.165) is 12.3 Å². The van der Waals surface area contributed by atoms with E-state index in [1.807, 2.05) is 31.1 Å². The number of rotatable bonds is 6. The van der Waals surface area contributed by atoms with Crippen molar-refractivity contribution in [1.29, 1.82) is 0 Å². The summed E-state index contributed by atoms with van der Waals surface area (Å²) in [7, 11) is 3.99. The quantitative estimate of drug-likeness (QED) is 0.814. The van der Waals surface area contributed by atoms with E-state index in [1.54, 1.807) is 24.3 Å². The van der Waals surface area contributed by atoms with Gasteiger partial charge in [-0.05, 0) is 50.5 Å². The molecule has 0 unspecified atom stereocenters. The van der Waals surface area contributed by atoms with Gasteiger partial charge in [0.25, 0.3) is 5.91 Å². The second-order valence-electron chi connectivity index (χ2n) is 5.11. The Morgan fingerprint density at radius 3 is 2.38 bits per heavy atom. The van der Waals surface area contributed by atoms with Gasteiger partial charge < -0.3 is 20.7 Å². The van der Waals surface area contributed by atoms with Gasteiger partial charge in [0, 0.05) is 12.2 Å². The van der Waals surface area contributed by atoms with Gasteiger partial charge in [0.2, 0.25) is 0 Å². The Bertz CT molecular complexity index is 619. The highest BCUT2D eigenvalue weighted by Gasteiger charge is 2.07. The van der Waals surface area contributed by atoms with E-state index in [2.05, 4.69) is 10.3 Å². The lowest BCUT2D eigenvalue weighted by atomic mass is 10.2. The number of pyridine rings is 1. The number of anilines is 2. The molecular formula is C16H22Cl2N4O2. The first-order valence-corrected chi connectivity index (χ1v) is 6.95. The number of carbonyl (C=O) groups excluding carboxylic acids is 1. The molecule has 8 heteroatoms. The number of nitrogen functional groups attached to an aromatic ring is 1. The zero-order valence-corrected chi connectivity index (χ0v) is 15.2. The second-order valence-corrected chi connectivity index (χ2v) is 5.11. The standard InChI is InChI=1S/C16H20N4O2.2ClH/c1-20(2)9-10-22-14-6-4-13(5-7-14)19-16(21)15-8-3-12(17)11-18-15;;/h3-8,11H,9-10,17H2,1-2H3,(H,19,21);2*1H. The minimum Gasteiger partial charge on any atom is -0.492 e. The van der Waals surface area contributed by atoms with Crippen molar-refractivity contribution in [2.45, 2.75) is 0 Å². The first kappa shape index (κ1) is 22.0. The number of carbonyl (C=O) groups is 1. The minimum absolute atomic E-state index is 0. The summed E-state index contributed by atoms with van der Waals surface area (Å²) in [5.41, 5.74) is 7.07. The van der Waals surface area contributed by atoms with E-state index >= 15 is 0 Å². The molecule has 24 heavy (non-hydrogen) atoms. The summed E-state index contributed by atoms with van der Waals surface area (Å²) in [4.78, 5) is 18.0. The molecule has 1 heterocycles. The Balaban J connectivity index is 0.00000264. The molecule has 0 aliphatic rings. The fourth-order valence-corrected chi connectivity index (χ4v) is 1.72. The number of benzene rings is 1. The molecule has 0 radical (unpaired) electrons. The maximum absolute atomic E-state index is 12.0. The highest BCUT2D eigenvalue weighted by molar-refractivity contribution is 6.02. The van der Waals surface area contributed by atoms with Crippen LogP contribution >= 0.6 is 24.8 Å². The number of aromatic nitrogens is 1. The molecule has 0 aliphatic carbocycles. The van der Waals surface area contributed by atoms with Crippen molar-refractivity contribution in [2.75, 3.05) is 38.3 Å². The maximum atomic E-state index is 12.0. The molecule has 0 fully saturated rings. The number of nitrogens with zero attached hydrogens (tertiary/aromatic N) is 2. The molecule has 0 saturated carbocycles. The molecular weight excluding hydrogens is 351 g/mol. The number of halogens is 2. The molecule has 0 saturated heterocycles. The summed E-state index contributed by atoms with van der Waals surface area (Å²) in [5, 5.41) is 2.77. The topological polar surface area (TPSA) is 80.5 Å². The van der Waals surface area contributed by atoms with Crippen molar-refractivity contribution in [3.05, 3.63) is 48.3 Å². The minimum atomic E-state index is -0.277. The average Bonchev–Trinajstić information content (AvgIpc) is 2.49. The first-order chi connectivity index (χ1) is 10.5. The first-order valence-electron chi connectivity index (χ1n) is 6.95. The number of hydrogen-bond donors (Lipinski definition) is 2. The van der Waals surface area contributed by atoms with Gasteiger partial charge in [-0.3, -0.25) is 4.79 Å². The molecule has 0 bridgehead atoms. The third kappa shape index (κ3) is 7.04. The normalized spacial score (nSPS) is 9.62. The predicted molar refractivity (Wildman–Crippen MR) is 102 cm³/mol. The van der Waals surface area contributed by atoms with Crippen molar-refractivity contribution in [2.24, 2.45) is 0 Å². The highest BCUT2D eigenvalue weighted by atomic mass is 35.5. The Morgan fingerprint density at radius 2 is 1.83 bits per heavy atom. The molecule has 0 spiro atoms. The van der Waals surface area contributed by atoms with E-state index in [-0.39, 0.29) is 30.7 Å². The summed E-state index contributed by atoms with van der Waals surface area (Å²) in [6, 6.07) is 10.5. The number of likely N-dealkylation sites (N-methyl/N-ethyl adjacent to an activating group) is 1. The van der Waals surface area contributed by atoms with Crippen molar-refractivity contribution in [3.8, 4) is 5.75 Å². The lowest BCUT2D eigenvalue weighted by molar-refractivity contribution is 0.102.